The first-order valence-electron chi connectivity index (χ1n) is 5.69. The van der Waals surface area contributed by atoms with Gasteiger partial charge in [-0.3, -0.25) is 0 Å². The molecule has 1 heterocycles. The van der Waals surface area contributed by atoms with Crippen LogP contribution in [0.5, 0.6) is 0 Å². The lowest BCUT2D eigenvalue weighted by Crippen LogP contribution is -2.35. The molecule has 0 aliphatic heterocycles. The summed E-state index contributed by atoms with van der Waals surface area (Å²) in [5.74, 6) is 1.26. The number of hydrogen-bond donors (Lipinski definition) is 2. The highest BCUT2D eigenvalue weighted by molar-refractivity contribution is 4.95. The predicted octanol–water partition coefficient (Wildman–Crippen LogP) is 1.61. The van der Waals surface area contributed by atoms with Gasteiger partial charge in [0.25, 0.3) is 0 Å². The van der Waals surface area contributed by atoms with Gasteiger partial charge >= 0.3 is 0 Å². The van der Waals surface area contributed by atoms with Crippen LogP contribution < -0.4 is 5.32 Å². The van der Waals surface area contributed by atoms with Crippen LogP contribution in [0.25, 0.3) is 0 Å². The van der Waals surface area contributed by atoms with Crippen LogP contribution in [0, 0.1) is 0 Å². The summed E-state index contributed by atoms with van der Waals surface area (Å²) < 4.78 is 5.52. The molecule has 92 valence electrons. The van der Waals surface area contributed by atoms with Crippen LogP contribution in [-0.4, -0.2) is 27.4 Å². The molecule has 0 fully saturated rings. The van der Waals surface area contributed by atoms with Gasteiger partial charge in [0.15, 0.2) is 0 Å². The number of nitrogens with zero attached hydrogens (tertiary/aromatic N) is 2. The molecule has 0 spiro atoms. The smallest absolute Gasteiger partial charge is 0.236 e. The van der Waals surface area contributed by atoms with E-state index in [1.807, 2.05) is 27.7 Å². The van der Waals surface area contributed by atoms with Crippen molar-refractivity contribution in [2.75, 3.05) is 0 Å². The minimum absolute atomic E-state index is 0.204. The fourth-order valence-corrected chi connectivity index (χ4v) is 1.38. The van der Waals surface area contributed by atoms with Gasteiger partial charge in [-0.25, -0.2) is 0 Å². The van der Waals surface area contributed by atoms with Crippen molar-refractivity contribution in [3.05, 3.63) is 11.8 Å². The topological polar surface area (TPSA) is 71.2 Å². The summed E-state index contributed by atoms with van der Waals surface area (Å²) in [7, 11) is 0. The highest BCUT2D eigenvalue weighted by Crippen LogP contribution is 2.19. The quantitative estimate of drug-likeness (QED) is 0.799. The lowest BCUT2D eigenvalue weighted by atomic mass is 10.1. The highest BCUT2D eigenvalue weighted by Gasteiger charge is 2.24. The summed E-state index contributed by atoms with van der Waals surface area (Å²) >= 11 is 0. The zero-order valence-electron chi connectivity index (χ0n) is 10.6. The zero-order valence-corrected chi connectivity index (χ0v) is 10.6. The summed E-state index contributed by atoms with van der Waals surface area (Å²) in [4.78, 5) is 0. The Morgan fingerprint density at radius 1 is 1.06 bits per heavy atom. The van der Waals surface area contributed by atoms with E-state index in [0.717, 1.165) is 0 Å². The van der Waals surface area contributed by atoms with Crippen molar-refractivity contribution >= 4 is 0 Å². The molecule has 0 aromatic carbocycles. The van der Waals surface area contributed by atoms with Gasteiger partial charge in [-0.2, -0.15) is 0 Å². The van der Waals surface area contributed by atoms with Gasteiger partial charge in [0.2, 0.25) is 11.8 Å². The molecule has 0 bridgehead atoms. The van der Waals surface area contributed by atoms with E-state index in [9.17, 15) is 5.11 Å². The Bertz CT molecular complexity index is 321. The maximum atomic E-state index is 9.67. The lowest BCUT2D eigenvalue weighted by Gasteiger charge is -2.20. The first-order chi connectivity index (χ1) is 7.41. The fourth-order valence-electron chi connectivity index (χ4n) is 1.38. The van der Waals surface area contributed by atoms with Crippen LogP contribution in [0.3, 0.4) is 0 Å². The monoisotopic (exact) mass is 227 g/mol. The summed E-state index contributed by atoms with van der Waals surface area (Å²) in [6, 6.07) is -0.0611. The van der Waals surface area contributed by atoms with Gasteiger partial charge in [-0.15, -0.1) is 10.2 Å². The van der Waals surface area contributed by atoms with Crippen LogP contribution >= 0.6 is 0 Å². The van der Waals surface area contributed by atoms with Crippen molar-refractivity contribution in [1.82, 2.24) is 15.5 Å². The van der Waals surface area contributed by atoms with Crippen LogP contribution in [0.2, 0.25) is 0 Å². The van der Waals surface area contributed by atoms with Crippen LogP contribution in [0.4, 0.5) is 0 Å². The zero-order chi connectivity index (χ0) is 12.3. The molecule has 0 aliphatic rings. The van der Waals surface area contributed by atoms with E-state index in [1.165, 1.54) is 0 Å². The third-order valence-electron chi connectivity index (χ3n) is 2.21. The standard InChI is InChI=1S/C11H21N3O2/c1-6(2)10-13-14-11(16-10)9(8(5)15)12-7(3)4/h6-9,12,15H,1-5H3/t8-,9+/m0/s1. The fraction of sp³-hybridized carbons (Fsp3) is 0.818. The normalized spacial score (nSPS) is 15.8. The highest BCUT2D eigenvalue weighted by atomic mass is 16.4. The molecule has 1 aromatic heterocycles. The second-order valence-corrected chi connectivity index (χ2v) is 4.67. The molecule has 0 amide bonds. The molecule has 0 radical (unpaired) electrons. The molecule has 0 aliphatic carbocycles. The summed E-state index contributed by atoms with van der Waals surface area (Å²) in [6.45, 7) is 9.71. The third kappa shape index (κ3) is 3.28. The predicted molar refractivity (Wildman–Crippen MR) is 61.1 cm³/mol. The average molecular weight is 227 g/mol. The average Bonchev–Trinajstić information content (AvgIpc) is 2.61. The summed E-state index contributed by atoms with van der Waals surface area (Å²) in [5, 5.41) is 20.8. The molecule has 0 unspecified atom stereocenters. The Morgan fingerprint density at radius 3 is 2.00 bits per heavy atom. The van der Waals surface area contributed by atoms with E-state index in [2.05, 4.69) is 15.5 Å². The van der Waals surface area contributed by atoms with E-state index in [0.29, 0.717) is 11.8 Å². The van der Waals surface area contributed by atoms with Gasteiger partial charge in [0, 0.05) is 12.0 Å². The second kappa shape index (κ2) is 5.41. The number of rotatable bonds is 5. The largest absolute Gasteiger partial charge is 0.423 e. The van der Waals surface area contributed by atoms with E-state index in [-0.39, 0.29) is 18.0 Å². The molecular formula is C11H21N3O2. The Morgan fingerprint density at radius 2 is 1.62 bits per heavy atom. The Balaban J connectivity index is 2.84. The third-order valence-corrected chi connectivity index (χ3v) is 2.21. The van der Waals surface area contributed by atoms with Gasteiger partial charge in [0.05, 0.1) is 6.10 Å². The van der Waals surface area contributed by atoms with Crippen molar-refractivity contribution in [1.29, 1.82) is 0 Å². The minimum Gasteiger partial charge on any atom is -0.423 e. The number of aliphatic hydroxyl groups excluding tert-OH is 1. The molecule has 2 N–H and O–H groups in total. The van der Waals surface area contributed by atoms with Gasteiger partial charge < -0.3 is 14.8 Å². The summed E-state index contributed by atoms with van der Waals surface area (Å²) in [5.41, 5.74) is 0. The van der Waals surface area contributed by atoms with Crippen molar-refractivity contribution < 1.29 is 9.52 Å². The SMILES string of the molecule is CC(C)N[C@@H](c1nnc(C(C)C)o1)[C@H](C)O. The first-order valence-corrected chi connectivity index (χ1v) is 5.69. The first kappa shape index (κ1) is 13.1. The van der Waals surface area contributed by atoms with E-state index in [1.54, 1.807) is 6.92 Å². The maximum absolute atomic E-state index is 9.67. The van der Waals surface area contributed by atoms with Crippen LogP contribution in [-0.2, 0) is 0 Å². The van der Waals surface area contributed by atoms with E-state index < -0.39 is 6.10 Å². The van der Waals surface area contributed by atoms with Crippen molar-refractivity contribution in [3.8, 4) is 0 Å². The lowest BCUT2D eigenvalue weighted by molar-refractivity contribution is 0.124. The molecular weight excluding hydrogens is 206 g/mol. The molecule has 16 heavy (non-hydrogen) atoms. The van der Waals surface area contributed by atoms with Gasteiger partial charge in [-0.1, -0.05) is 27.7 Å². The van der Waals surface area contributed by atoms with Gasteiger partial charge in [-0.05, 0) is 6.92 Å². The van der Waals surface area contributed by atoms with E-state index >= 15 is 0 Å². The molecule has 5 nitrogen and oxygen atoms in total. The Kier molecular flexibility index (Phi) is 4.44. The van der Waals surface area contributed by atoms with Crippen molar-refractivity contribution in [2.24, 2.45) is 0 Å². The molecule has 0 saturated heterocycles. The molecule has 5 heteroatoms. The van der Waals surface area contributed by atoms with Crippen LogP contribution in [0.15, 0.2) is 4.42 Å². The van der Waals surface area contributed by atoms with Crippen molar-refractivity contribution in [2.45, 2.75) is 58.7 Å². The van der Waals surface area contributed by atoms with Crippen LogP contribution in [0.1, 0.15) is 58.4 Å². The van der Waals surface area contributed by atoms with Crippen molar-refractivity contribution in [3.63, 3.8) is 0 Å². The molecule has 0 saturated carbocycles. The molecule has 2 atom stereocenters. The second-order valence-electron chi connectivity index (χ2n) is 4.67. The van der Waals surface area contributed by atoms with E-state index in [4.69, 9.17) is 4.42 Å². The Hall–Kier alpha value is -0.940. The number of hydrogen-bond acceptors (Lipinski definition) is 5. The van der Waals surface area contributed by atoms with Gasteiger partial charge in [0.1, 0.15) is 6.04 Å². The number of aliphatic hydroxyl groups is 1. The number of aromatic nitrogens is 2. The molecule has 1 aromatic rings. The molecule has 1 rings (SSSR count). The maximum Gasteiger partial charge on any atom is 0.236 e. The Labute approximate surface area is 96.3 Å². The summed E-state index contributed by atoms with van der Waals surface area (Å²) in [6.07, 6.45) is -0.567. The minimum atomic E-state index is -0.567. The number of nitrogens with one attached hydrogen (secondary N) is 1.